The highest BCUT2D eigenvalue weighted by Gasteiger charge is 2.20. The van der Waals surface area contributed by atoms with Gasteiger partial charge in [-0.25, -0.2) is 0 Å². The van der Waals surface area contributed by atoms with E-state index in [0.717, 1.165) is 18.4 Å². The first-order valence-corrected chi connectivity index (χ1v) is 6.22. The SMILES string of the molecule is CCC(CC)CN1CCCC(CN)C1. The van der Waals surface area contributed by atoms with Crippen LogP contribution in [0.3, 0.4) is 0 Å². The standard InChI is InChI=1S/C12H26N2/c1-3-11(4-2)9-14-7-5-6-12(8-13)10-14/h11-12H,3-10,13H2,1-2H3. The van der Waals surface area contributed by atoms with Crippen LogP contribution in [0.25, 0.3) is 0 Å². The van der Waals surface area contributed by atoms with Crippen LogP contribution in [0, 0.1) is 11.8 Å². The second-order valence-electron chi connectivity index (χ2n) is 4.69. The Morgan fingerprint density at radius 3 is 2.64 bits per heavy atom. The second-order valence-corrected chi connectivity index (χ2v) is 4.69. The molecule has 1 aliphatic heterocycles. The molecule has 1 rings (SSSR count). The van der Waals surface area contributed by atoms with Crippen LogP contribution in [0.15, 0.2) is 0 Å². The van der Waals surface area contributed by atoms with Crippen LogP contribution >= 0.6 is 0 Å². The van der Waals surface area contributed by atoms with Gasteiger partial charge in [-0.1, -0.05) is 26.7 Å². The maximum Gasteiger partial charge on any atom is 0.00218 e. The fourth-order valence-corrected chi connectivity index (χ4v) is 2.42. The lowest BCUT2D eigenvalue weighted by atomic mass is 9.96. The first kappa shape index (κ1) is 12.0. The molecule has 0 saturated carbocycles. The molecule has 2 heteroatoms. The quantitative estimate of drug-likeness (QED) is 0.733. The summed E-state index contributed by atoms with van der Waals surface area (Å²) in [5.41, 5.74) is 5.73. The molecule has 0 aromatic rings. The van der Waals surface area contributed by atoms with E-state index in [4.69, 9.17) is 5.73 Å². The molecule has 14 heavy (non-hydrogen) atoms. The fraction of sp³-hybridized carbons (Fsp3) is 1.00. The highest BCUT2D eigenvalue weighted by molar-refractivity contribution is 4.75. The molecule has 1 atom stereocenters. The molecule has 1 saturated heterocycles. The minimum absolute atomic E-state index is 0.762. The maximum absolute atomic E-state index is 5.73. The Morgan fingerprint density at radius 1 is 1.36 bits per heavy atom. The fourth-order valence-electron chi connectivity index (χ4n) is 2.42. The summed E-state index contributed by atoms with van der Waals surface area (Å²) in [4.78, 5) is 2.62. The van der Waals surface area contributed by atoms with Crippen molar-refractivity contribution in [2.24, 2.45) is 17.6 Å². The van der Waals surface area contributed by atoms with Crippen LogP contribution in [-0.4, -0.2) is 31.1 Å². The maximum atomic E-state index is 5.73. The average Bonchev–Trinajstić information content (AvgIpc) is 2.26. The third kappa shape index (κ3) is 3.58. The van der Waals surface area contributed by atoms with Crippen LogP contribution in [0.1, 0.15) is 39.5 Å². The minimum Gasteiger partial charge on any atom is -0.330 e. The Morgan fingerprint density at radius 2 is 2.07 bits per heavy atom. The summed E-state index contributed by atoms with van der Waals surface area (Å²) >= 11 is 0. The van der Waals surface area contributed by atoms with Crippen LogP contribution in [0.5, 0.6) is 0 Å². The lowest BCUT2D eigenvalue weighted by Gasteiger charge is -2.34. The molecule has 1 fully saturated rings. The summed E-state index contributed by atoms with van der Waals surface area (Å²) in [6.45, 7) is 9.32. The van der Waals surface area contributed by atoms with Crippen molar-refractivity contribution in [3.63, 3.8) is 0 Å². The van der Waals surface area contributed by atoms with Gasteiger partial charge in [-0.3, -0.25) is 0 Å². The zero-order valence-corrected chi connectivity index (χ0v) is 9.84. The molecule has 2 N–H and O–H groups in total. The number of hydrogen-bond donors (Lipinski definition) is 1. The predicted octanol–water partition coefficient (Wildman–Crippen LogP) is 2.09. The predicted molar refractivity (Wildman–Crippen MR) is 62.3 cm³/mol. The van der Waals surface area contributed by atoms with Gasteiger partial charge in [-0.15, -0.1) is 0 Å². The van der Waals surface area contributed by atoms with Crippen LogP contribution in [0.2, 0.25) is 0 Å². The molecular weight excluding hydrogens is 172 g/mol. The summed E-state index contributed by atoms with van der Waals surface area (Å²) in [7, 11) is 0. The Bertz CT molecular complexity index is 143. The highest BCUT2D eigenvalue weighted by atomic mass is 15.1. The van der Waals surface area contributed by atoms with Crippen molar-refractivity contribution < 1.29 is 0 Å². The first-order chi connectivity index (χ1) is 6.80. The van der Waals surface area contributed by atoms with Crippen molar-refractivity contribution in [2.75, 3.05) is 26.2 Å². The molecule has 1 unspecified atom stereocenters. The molecule has 0 aromatic carbocycles. The number of piperidine rings is 1. The molecule has 0 amide bonds. The Labute approximate surface area is 88.8 Å². The third-order valence-corrected chi connectivity index (χ3v) is 3.61. The normalized spacial score (nSPS) is 24.4. The summed E-state index contributed by atoms with van der Waals surface area (Å²) < 4.78 is 0. The van der Waals surface area contributed by atoms with Crippen molar-refractivity contribution in [2.45, 2.75) is 39.5 Å². The molecule has 2 nitrogen and oxygen atoms in total. The Hall–Kier alpha value is -0.0800. The van der Waals surface area contributed by atoms with Gasteiger partial charge in [0.25, 0.3) is 0 Å². The number of nitrogens with two attached hydrogens (primary N) is 1. The van der Waals surface area contributed by atoms with Crippen molar-refractivity contribution in [3.05, 3.63) is 0 Å². The number of rotatable bonds is 5. The van der Waals surface area contributed by atoms with Gasteiger partial charge in [0, 0.05) is 13.1 Å². The Kier molecular flexibility index (Phi) is 5.49. The van der Waals surface area contributed by atoms with Crippen molar-refractivity contribution in [1.82, 2.24) is 4.90 Å². The van der Waals surface area contributed by atoms with Crippen LogP contribution in [-0.2, 0) is 0 Å². The van der Waals surface area contributed by atoms with Crippen molar-refractivity contribution >= 4 is 0 Å². The Balaban J connectivity index is 2.29. The van der Waals surface area contributed by atoms with E-state index in [2.05, 4.69) is 18.7 Å². The summed E-state index contributed by atoms with van der Waals surface area (Å²) in [5, 5.41) is 0. The van der Waals surface area contributed by atoms with E-state index >= 15 is 0 Å². The smallest absolute Gasteiger partial charge is 0.00218 e. The lowest BCUT2D eigenvalue weighted by Crippen LogP contribution is -2.40. The molecule has 0 aliphatic carbocycles. The number of likely N-dealkylation sites (tertiary alicyclic amines) is 1. The summed E-state index contributed by atoms with van der Waals surface area (Å²) in [6.07, 6.45) is 5.33. The minimum atomic E-state index is 0.762. The average molecular weight is 198 g/mol. The van der Waals surface area contributed by atoms with Crippen molar-refractivity contribution in [3.8, 4) is 0 Å². The topological polar surface area (TPSA) is 29.3 Å². The van der Waals surface area contributed by atoms with E-state index in [-0.39, 0.29) is 0 Å². The van der Waals surface area contributed by atoms with E-state index in [1.54, 1.807) is 0 Å². The van der Waals surface area contributed by atoms with Gasteiger partial charge in [-0.2, -0.15) is 0 Å². The molecular formula is C12H26N2. The van der Waals surface area contributed by atoms with E-state index in [1.807, 2.05) is 0 Å². The summed E-state index contributed by atoms with van der Waals surface area (Å²) in [5.74, 6) is 1.66. The van der Waals surface area contributed by atoms with Gasteiger partial charge >= 0.3 is 0 Å². The van der Waals surface area contributed by atoms with E-state index in [0.29, 0.717) is 0 Å². The molecule has 0 aromatic heterocycles. The van der Waals surface area contributed by atoms with E-state index < -0.39 is 0 Å². The summed E-state index contributed by atoms with van der Waals surface area (Å²) in [6, 6.07) is 0. The molecule has 1 aliphatic rings. The number of hydrogen-bond acceptors (Lipinski definition) is 2. The van der Waals surface area contributed by atoms with Crippen molar-refractivity contribution in [1.29, 1.82) is 0 Å². The molecule has 84 valence electrons. The highest BCUT2D eigenvalue weighted by Crippen LogP contribution is 2.18. The zero-order valence-electron chi connectivity index (χ0n) is 9.84. The molecule has 0 spiro atoms. The van der Waals surface area contributed by atoms with Crippen LogP contribution < -0.4 is 5.73 Å². The largest absolute Gasteiger partial charge is 0.330 e. The van der Waals surface area contributed by atoms with Gasteiger partial charge in [0.2, 0.25) is 0 Å². The molecule has 0 radical (unpaired) electrons. The first-order valence-electron chi connectivity index (χ1n) is 6.22. The monoisotopic (exact) mass is 198 g/mol. The molecule has 1 heterocycles. The number of nitrogens with zero attached hydrogens (tertiary/aromatic N) is 1. The van der Waals surface area contributed by atoms with E-state index in [9.17, 15) is 0 Å². The zero-order chi connectivity index (χ0) is 10.4. The lowest BCUT2D eigenvalue weighted by molar-refractivity contribution is 0.151. The van der Waals surface area contributed by atoms with Gasteiger partial charge in [0.15, 0.2) is 0 Å². The van der Waals surface area contributed by atoms with E-state index in [1.165, 1.54) is 45.3 Å². The van der Waals surface area contributed by atoms with Gasteiger partial charge in [0.1, 0.15) is 0 Å². The second kappa shape index (κ2) is 6.41. The van der Waals surface area contributed by atoms with Gasteiger partial charge in [-0.05, 0) is 37.8 Å². The van der Waals surface area contributed by atoms with Gasteiger partial charge < -0.3 is 10.6 Å². The van der Waals surface area contributed by atoms with Crippen LogP contribution in [0.4, 0.5) is 0 Å². The third-order valence-electron chi connectivity index (χ3n) is 3.61. The van der Waals surface area contributed by atoms with Gasteiger partial charge in [0.05, 0.1) is 0 Å². The molecule has 0 bridgehead atoms.